The summed E-state index contributed by atoms with van der Waals surface area (Å²) in [6.45, 7) is 12.4. The van der Waals surface area contributed by atoms with Gasteiger partial charge in [-0.15, -0.1) is 0 Å². The van der Waals surface area contributed by atoms with Gasteiger partial charge in [0.1, 0.15) is 0 Å². The van der Waals surface area contributed by atoms with E-state index in [2.05, 4.69) is 44.4 Å². The summed E-state index contributed by atoms with van der Waals surface area (Å²) in [4.78, 5) is 2.59. The van der Waals surface area contributed by atoms with E-state index in [1.165, 1.54) is 18.8 Å². The summed E-state index contributed by atoms with van der Waals surface area (Å²) >= 11 is 2.09. The van der Waals surface area contributed by atoms with Gasteiger partial charge in [0, 0.05) is 29.6 Å². The second-order valence-corrected chi connectivity index (χ2v) is 6.83. The topological polar surface area (TPSA) is 29.3 Å². The average molecular weight is 216 g/mol. The zero-order valence-corrected chi connectivity index (χ0v) is 10.7. The molecule has 0 radical (unpaired) electrons. The van der Waals surface area contributed by atoms with Gasteiger partial charge in [0.05, 0.1) is 0 Å². The Morgan fingerprint density at radius 3 is 2.57 bits per heavy atom. The molecule has 1 aliphatic rings. The van der Waals surface area contributed by atoms with E-state index in [4.69, 9.17) is 5.73 Å². The fourth-order valence-corrected chi connectivity index (χ4v) is 3.09. The Balaban J connectivity index is 2.51. The molecule has 0 amide bonds. The molecular weight excluding hydrogens is 192 g/mol. The van der Waals surface area contributed by atoms with Crippen molar-refractivity contribution in [2.45, 2.75) is 38.5 Å². The summed E-state index contributed by atoms with van der Waals surface area (Å²) in [6.07, 6.45) is 0. The summed E-state index contributed by atoms with van der Waals surface area (Å²) < 4.78 is 0.417. The van der Waals surface area contributed by atoms with Crippen molar-refractivity contribution in [1.82, 2.24) is 4.90 Å². The van der Waals surface area contributed by atoms with Crippen LogP contribution in [0.3, 0.4) is 0 Å². The Morgan fingerprint density at radius 2 is 2.07 bits per heavy atom. The van der Waals surface area contributed by atoms with Crippen molar-refractivity contribution in [2.24, 2.45) is 11.7 Å². The monoisotopic (exact) mass is 216 g/mol. The zero-order valence-electron chi connectivity index (χ0n) is 9.92. The molecule has 1 aliphatic heterocycles. The smallest absolute Gasteiger partial charge is 0.0231 e. The Kier molecular flexibility index (Phi) is 4.29. The summed E-state index contributed by atoms with van der Waals surface area (Å²) in [6, 6.07) is 0.625. The molecule has 84 valence electrons. The molecule has 0 saturated carbocycles. The summed E-state index contributed by atoms with van der Waals surface area (Å²) in [5, 5.41) is 0. The average Bonchev–Trinajstić information content (AvgIpc) is 2.14. The molecule has 2 nitrogen and oxygen atoms in total. The lowest BCUT2D eigenvalue weighted by Crippen LogP contribution is -2.50. The first kappa shape index (κ1) is 12.3. The van der Waals surface area contributed by atoms with E-state index in [1.54, 1.807) is 0 Å². The largest absolute Gasteiger partial charge is 0.330 e. The molecule has 2 atom stereocenters. The highest BCUT2D eigenvalue weighted by Gasteiger charge is 2.30. The molecule has 2 N–H and O–H groups in total. The van der Waals surface area contributed by atoms with Crippen LogP contribution in [-0.4, -0.2) is 41.1 Å². The van der Waals surface area contributed by atoms with E-state index in [-0.39, 0.29) is 0 Å². The van der Waals surface area contributed by atoms with Crippen molar-refractivity contribution in [2.75, 3.05) is 25.4 Å². The predicted octanol–water partition coefficient (Wildman–Crippen LogP) is 1.80. The van der Waals surface area contributed by atoms with Crippen LogP contribution in [0, 0.1) is 5.92 Å². The Labute approximate surface area is 92.6 Å². The van der Waals surface area contributed by atoms with Gasteiger partial charge in [-0.2, -0.15) is 11.8 Å². The van der Waals surface area contributed by atoms with Gasteiger partial charge >= 0.3 is 0 Å². The van der Waals surface area contributed by atoms with Crippen molar-refractivity contribution in [3.05, 3.63) is 0 Å². The minimum absolute atomic E-state index is 0.417. The number of hydrogen-bond acceptors (Lipinski definition) is 3. The van der Waals surface area contributed by atoms with Crippen LogP contribution in [0.1, 0.15) is 27.7 Å². The maximum atomic E-state index is 5.72. The maximum Gasteiger partial charge on any atom is 0.0231 e. The molecule has 0 aromatic rings. The third-order valence-electron chi connectivity index (χ3n) is 3.23. The lowest BCUT2D eigenvalue weighted by Gasteiger charge is -2.42. The molecule has 1 saturated heterocycles. The standard InChI is InChI=1S/C11H24N2S/c1-9(7-12)10(2)13-5-6-14-11(3,4)8-13/h9-10H,5-8,12H2,1-4H3. The molecule has 0 bridgehead atoms. The lowest BCUT2D eigenvalue weighted by molar-refractivity contribution is 0.157. The molecule has 3 heteroatoms. The van der Waals surface area contributed by atoms with Crippen molar-refractivity contribution >= 4 is 11.8 Å². The van der Waals surface area contributed by atoms with Gasteiger partial charge in [0.25, 0.3) is 0 Å². The number of nitrogens with zero attached hydrogens (tertiary/aromatic N) is 1. The first-order valence-corrected chi connectivity index (χ1v) is 6.53. The number of thioether (sulfide) groups is 1. The van der Waals surface area contributed by atoms with Gasteiger partial charge in [0.2, 0.25) is 0 Å². The normalized spacial score (nSPS) is 27.2. The van der Waals surface area contributed by atoms with E-state index in [9.17, 15) is 0 Å². The third-order valence-corrected chi connectivity index (χ3v) is 4.52. The van der Waals surface area contributed by atoms with Crippen LogP contribution in [0.4, 0.5) is 0 Å². The van der Waals surface area contributed by atoms with E-state index < -0.39 is 0 Å². The lowest BCUT2D eigenvalue weighted by atomic mass is 10.0. The molecule has 1 fully saturated rings. The van der Waals surface area contributed by atoms with Crippen LogP contribution in [0.2, 0.25) is 0 Å². The second-order valence-electron chi connectivity index (χ2n) is 5.03. The quantitative estimate of drug-likeness (QED) is 0.780. The van der Waals surface area contributed by atoms with Crippen LogP contribution in [0.15, 0.2) is 0 Å². The molecule has 1 rings (SSSR count). The van der Waals surface area contributed by atoms with Crippen LogP contribution in [0.25, 0.3) is 0 Å². The molecule has 0 spiro atoms. The Hall–Kier alpha value is 0.270. The first-order valence-electron chi connectivity index (χ1n) is 5.54. The van der Waals surface area contributed by atoms with Crippen LogP contribution in [0.5, 0.6) is 0 Å². The highest BCUT2D eigenvalue weighted by atomic mass is 32.2. The van der Waals surface area contributed by atoms with Gasteiger partial charge in [-0.25, -0.2) is 0 Å². The van der Waals surface area contributed by atoms with Gasteiger partial charge in [-0.1, -0.05) is 6.92 Å². The molecule has 14 heavy (non-hydrogen) atoms. The van der Waals surface area contributed by atoms with E-state index in [1.807, 2.05) is 0 Å². The van der Waals surface area contributed by atoms with Crippen molar-refractivity contribution in [3.8, 4) is 0 Å². The van der Waals surface area contributed by atoms with Crippen molar-refractivity contribution in [3.63, 3.8) is 0 Å². The summed E-state index contributed by atoms with van der Waals surface area (Å²) in [5.74, 6) is 1.86. The molecule has 0 aliphatic carbocycles. The van der Waals surface area contributed by atoms with Crippen LogP contribution in [-0.2, 0) is 0 Å². The highest BCUT2D eigenvalue weighted by Crippen LogP contribution is 2.31. The van der Waals surface area contributed by atoms with Crippen molar-refractivity contribution in [1.29, 1.82) is 0 Å². The Bertz CT molecular complexity index is 182. The first-order chi connectivity index (χ1) is 6.46. The molecular formula is C11H24N2S. The summed E-state index contributed by atoms with van der Waals surface area (Å²) in [7, 11) is 0. The summed E-state index contributed by atoms with van der Waals surface area (Å²) in [5.41, 5.74) is 5.72. The zero-order chi connectivity index (χ0) is 10.8. The SMILES string of the molecule is CC(CN)C(C)N1CCSC(C)(C)C1. The Morgan fingerprint density at radius 1 is 1.43 bits per heavy atom. The molecule has 2 unspecified atom stereocenters. The van der Waals surface area contributed by atoms with Gasteiger partial charge in [-0.3, -0.25) is 4.90 Å². The minimum atomic E-state index is 0.417. The molecule has 0 aromatic heterocycles. The minimum Gasteiger partial charge on any atom is -0.330 e. The van der Waals surface area contributed by atoms with Gasteiger partial charge < -0.3 is 5.73 Å². The van der Waals surface area contributed by atoms with Gasteiger partial charge in [0.15, 0.2) is 0 Å². The number of rotatable bonds is 3. The highest BCUT2D eigenvalue weighted by molar-refractivity contribution is 8.00. The van der Waals surface area contributed by atoms with Crippen LogP contribution < -0.4 is 5.73 Å². The number of nitrogens with two attached hydrogens (primary N) is 1. The maximum absolute atomic E-state index is 5.72. The van der Waals surface area contributed by atoms with Crippen LogP contribution >= 0.6 is 11.8 Å². The fraction of sp³-hybridized carbons (Fsp3) is 1.00. The molecule has 1 heterocycles. The van der Waals surface area contributed by atoms with Crippen molar-refractivity contribution < 1.29 is 0 Å². The number of hydrogen-bond donors (Lipinski definition) is 1. The second kappa shape index (κ2) is 4.86. The predicted molar refractivity (Wildman–Crippen MR) is 65.8 cm³/mol. The molecule has 0 aromatic carbocycles. The van der Waals surface area contributed by atoms with E-state index in [0.717, 1.165) is 6.54 Å². The van der Waals surface area contributed by atoms with Gasteiger partial charge in [-0.05, 0) is 33.2 Å². The van der Waals surface area contributed by atoms with E-state index >= 15 is 0 Å². The van der Waals surface area contributed by atoms with E-state index in [0.29, 0.717) is 16.7 Å². The fourth-order valence-electron chi connectivity index (χ4n) is 1.96. The third kappa shape index (κ3) is 3.14.